The largest absolute Gasteiger partial charge is 0.355 e. The van der Waals surface area contributed by atoms with Crippen LogP contribution in [0.1, 0.15) is 20.8 Å². The number of nitrogens with zero attached hydrogens (tertiary/aromatic N) is 1. The molecule has 1 amide bonds. The van der Waals surface area contributed by atoms with E-state index in [1.54, 1.807) is 11.3 Å². The summed E-state index contributed by atoms with van der Waals surface area (Å²) in [6.07, 6.45) is 0. The van der Waals surface area contributed by atoms with E-state index in [0.717, 1.165) is 14.6 Å². The fourth-order valence-electron chi connectivity index (χ4n) is 2.73. The number of carbonyl (C=O) groups excluding carboxylic acids is 1. The molecule has 0 saturated carbocycles. The van der Waals surface area contributed by atoms with Gasteiger partial charge in [-0.2, -0.15) is 0 Å². The van der Waals surface area contributed by atoms with Crippen molar-refractivity contribution >= 4 is 39.2 Å². The second kappa shape index (κ2) is 7.17. The minimum atomic E-state index is -0.150. The quantitative estimate of drug-likeness (QED) is 0.723. The lowest BCUT2D eigenvalue weighted by atomic mass is 9.97. The van der Waals surface area contributed by atoms with E-state index in [9.17, 15) is 4.79 Å². The molecule has 1 aromatic carbocycles. The van der Waals surface area contributed by atoms with Crippen LogP contribution in [0.3, 0.4) is 0 Å². The van der Waals surface area contributed by atoms with Crippen molar-refractivity contribution in [2.24, 2.45) is 5.92 Å². The molecule has 5 nitrogen and oxygen atoms in total. The van der Waals surface area contributed by atoms with Crippen molar-refractivity contribution in [3.8, 4) is 0 Å². The Morgan fingerprint density at radius 2 is 2.04 bits per heavy atom. The van der Waals surface area contributed by atoms with E-state index >= 15 is 0 Å². The topological polar surface area (TPSA) is 66.0 Å². The van der Waals surface area contributed by atoms with Crippen LogP contribution in [-0.4, -0.2) is 34.8 Å². The van der Waals surface area contributed by atoms with Gasteiger partial charge in [0.05, 0.1) is 15.5 Å². The molecule has 1 aliphatic heterocycles. The molecule has 0 aliphatic carbocycles. The fourth-order valence-corrected chi connectivity index (χ4v) is 4.97. The van der Waals surface area contributed by atoms with Gasteiger partial charge in [-0.3, -0.25) is 15.6 Å². The predicted octanol–water partition coefficient (Wildman–Crippen LogP) is 2.39. The third-order valence-electron chi connectivity index (χ3n) is 4.26. The highest BCUT2D eigenvalue weighted by Crippen LogP contribution is 2.31. The maximum Gasteiger partial charge on any atom is 0.233 e. The van der Waals surface area contributed by atoms with E-state index in [1.165, 1.54) is 11.8 Å². The van der Waals surface area contributed by atoms with Crippen molar-refractivity contribution in [3.63, 3.8) is 0 Å². The molecule has 124 valence electrons. The van der Waals surface area contributed by atoms with Crippen molar-refractivity contribution in [1.29, 1.82) is 0 Å². The molecular weight excluding hydrogens is 328 g/mol. The van der Waals surface area contributed by atoms with Gasteiger partial charge in [0.1, 0.15) is 0 Å². The molecule has 1 fully saturated rings. The number of para-hydroxylation sites is 1. The summed E-state index contributed by atoms with van der Waals surface area (Å²) in [4.78, 5) is 16.9. The molecule has 0 bridgehead atoms. The summed E-state index contributed by atoms with van der Waals surface area (Å²) in [5, 5.41) is 2.93. The van der Waals surface area contributed by atoms with Gasteiger partial charge in [0.25, 0.3) is 0 Å². The number of rotatable bonds is 5. The van der Waals surface area contributed by atoms with Gasteiger partial charge >= 0.3 is 0 Å². The van der Waals surface area contributed by atoms with Crippen LogP contribution >= 0.6 is 23.1 Å². The molecular formula is C16H22N4OS2. The number of fused-ring (bicyclic) bond motifs is 1. The number of aromatic nitrogens is 1. The first-order chi connectivity index (χ1) is 11.0. The Hall–Kier alpha value is -1.15. The minimum absolute atomic E-state index is 0.0700. The van der Waals surface area contributed by atoms with Gasteiger partial charge in [-0.25, -0.2) is 4.98 Å². The molecule has 23 heavy (non-hydrogen) atoms. The number of hydrazine groups is 1. The Morgan fingerprint density at radius 1 is 1.35 bits per heavy atom. The van der Waals surface area contributed by atoms with Gasteiger partial charge in [0, 0.05) is 24.5 Å². The second-order valence-corrected chi connectivity index (χ2v) is 8.60. The molecule has 3 unspecified atom stereocenters. The lowest BCUT2D eigenvalue weighted by Crippen LogP contribution is -2.40. The average molecular weight is 351 g/mol. The predicted molar refractivity (Wildman–Crippen MR) is 96.6 cm³/mol. The first kappa shape index (κ1) is 16.7. The Labute approximate surface area is 144 Å². The van der Waals surface area contributed by atoms with Gasteiger partial charge < -0.3 is 5.32 Å². The number of thioether (sulfide) groups is 1. The minimum Gasteiger partial charge on any atom is -0.355 e. The fraction of sp³-hybridized carbons (Fsp3) is 0.500. The first-order valence-corrected chi connectivity index (χ1v) is 9.55. The summed E-state index contributed by atoms with van der Waals surface area (Å²) in [5.41, 5.74) is 7.42. The van der Waals surface area contributed by atoms with Gasteiger partial charge in [0.15, 0.2) is 4.34 Å². The molecule has 0 spiro atoms. The Balaban J connectivity index is 1.55. The number of benzene rings is 1. The van der Waals surface area contributed by atoms with Crippen molar-refractivity contribution in [2.75, 3.05) is 6.54 Å². The van der Waals surface area contributed by atoms with Crippen molar-refractivity contribution in [1.82, 2.24) is 21.2 Å². The zero-order chi connectivity index (χ0) is 16.4. The van der Waals surface area contributed by atoms with Gasteiger partial charge in [-0.15, -0.1) is 11.3 Å². The number of carbonyl (C=O) groups is 1. The summed E-state index contributed by atoms with van der Waals surface area (Å²) in [7, 11) is 0. The highest BCUT2D eigenvalue weighted by atomic mass is 32.2. The zero-order valence-corrected chi connectivity index (χ0v) is 15.1. The number of thiazole rings is 1. The maximum absolute atomic E-state index is 12.3. The first-order valence-electron chi connectivity index (χ1n) is 7.85. The third kappa shape index (κ3) is 3.85. The van der Waals surface area contributed by atoms with Crippen molar-refractivity contribution < 1.29 is 4.79 Å². The van der Waals surface area contributed by atoms with Crippen molar-refractivity contribution in [2.45, 2.75) is 42.4 Å². The van der Waals surface area contributed by atoms with Gasteiger partial charge in [-0.1, -0.05) is 23.9 Å². The van der Waals surface area contributed by atoms with E-state index in [4.69, 9.17) is 0 Å². The highest BCUT2D eigenvalue weighted by Gasteiger charge is 2.30. The Kier molecular flexibility index (Phi) is 5.21. The molecule has 3 N–H and O–H groups in total. The van der Waals surface area contributed by atoms with Crippen LogP contribution in [0.2, 0.25) is 0 Å². The summed E-state index contributed by atoms with van der Waals surface area (Å²) < 4.78 is 2.10. The lowest BCUT2D eigenvalue weighted by molar-refractivity contribution is -0.120. The highest BCUT2D eigenvalue weighted by molar-refractivity contribution is 8.02. The molecule has 2 aromatic rings. The van der Waals surface area contributed by atoms with Crippen LogP contribution in [0.25, 0.3) is 10.2 Å². The van der Waals surface area contributed by atoms with E-state index in [0.29, 0.717) is 24.5 Å². The summed E-state index contributed by atoms with van der Waals surface area (Å²) in [5.74, 6) is 0.471. The van der Waals surface area contributed by atoms with Crippen LogP contribution in [-0.2, 0) is 4.79 Å². The second-order valence-electron chi connectivity index (χ2n) is 5.98. The number of hydrogen-bond acceptors (Lipinski definition) is 6. The Bertz CT molecular complexity index is 647. The average Bonchev–Trinajstić information content (AvgIpc) is 3.08. The maximum atomic E-state index is 12.3. The van der Waals surface area contributed by atoms with Crippen molar-refractivity contribution in [3.05, 3.63) is 24.3 Å². The summed E-state index contributed by atoms with van der Waals surface area (Å²) >= 11 is 3.16. The van der Waals surface area contributed by atoms with Gasteiger partial charge in [-0.05, 0) is 32.9 Å². The molecule has 1 aromatic heterocycles. The number of amides is 1. The van der Waals surface area contributed by atoms with E-state index < -0.39 is 0 Å². The lowest BCUT2D eigenvalue weighted by Gasteiger charge is -2.19. The molecule has 3 rings (SSSR count). The number of hydrogen-bond donors (Lipinski definition) is 3. The van der Waals surface area contributed by atoms with Crippen LogP contribution in [0, 0.1) is 5.92 Å². The van der Waals surface area contributed by atoms with Gasteiger partial charge in [0.2, 0.25) is 5.91 Å². The Morgan fingerprint density at radius 3 is 2.74 bits per heavy atom. The summed E-state index contributed by atoms with van der Waals surface area (Å²) in [6.45, 7) is 6.88. The molecule has 0 radical (unpaired) electrons. The normalized spacial score (nSPS) is 25.6. The third-order valence-corrected chi connectivity index (χ3v) is 6.49. The zero-order valence-electron chi connectivity index (χ0n) is 13.5. The standard InChI is InChI=1S/C16H22N4OS2/c1-9-12(10(2)20-19-9)8-17-15(21)11(3)22-16-18-13-6-4-5-7-14(13)23-16/h4-7,9-12,19-20H,8H2,1-3H3,(H,17,21). The molecule has 1 aliphatic rings. The summed E-state index contributed by atoms with van der Waals surface area (Å²) in [6, 6.07) is 8.78. The van der Waals surface area contributed by atoms with Crippen LogP contribution in [0.5, 0.6) is 0 Å². The molecule has 3 atom stereocenters. The molecule has 2 heterocycles. The van der Waals surface area contributed by atoms with Crippen LogP contribution in [0.4, 0.5) is 0 Å². The molecule has 1 saturated heterocycles. The SMILES string of the molecule is CC(Sc1nc2ccccc2s1)C(=O)NCC1C(C)NNC1C. The molecule has 7 heteroatoms. The van der Waals surface area contributed by atoms with E-state index in [1.807, 2.05) is 25.1 Å². The smallest absolute Gasteiger partial charge is 0.233 e. The van der Waals surface area contributed by atoms with Crippen LogP contribution < -0.4 is 16.2 Å². The van der Waals surface area contributed by atoms with E-state index in [2.05, 4.69) is 41.1 Å². The van der Waals surface area contributed by atoms with E-state index in [-0.39, 0.29) is 11.2 Å². The monoisotopic (exact) mass is 350 g/mol. The van der Waals surface area contributed by atoms with Crippen LogP contribution in [0.15, 0.2) is 28.6 Å². The number of nitrogens with one attached hydrogen (secondary N) is 3.